The minimum atomic E-state index is -0.381. The highest BCUT2D eigenvalue weighted by molar-refractivity contribution is 5.54. The number of rotatable bonds is 5. The van der Waals surface area contributed by atoms with Gasteiger partial charge in [0.05, 0.1) is 6.10 Å². The third-order valence-corrected chi connectivity index (χ3v) is 2.50. The molecule has 1 rings (SSSR count). The maximum atomic E-state index is 9.87. The van der Waals surface area contributed by atoms with Gasteiger partial charge in [0.25, 0.3) is 0 Å². The van der Waals surface area contributed by atoms with Crippen molar-refractivity contribution in [2.24, 2.45) is 0 Å². The van der Waals surface area contributed by atoms with Gasteiger partial charge in [0, 0.05) is 24.8 Å². The molecule has 0 aromatic heterocycles. The fourth-order valence-corrected chi connectivity index (χ4v) is 1.63. The molecular formula is C13H19NO. The second-order valence-electron chi connectivity index (χ2n) is 3.65. The summed E-state index contributed by atoms with van der Waals surface area (Å²) in [7, 11) is 2.00. The van der Waals surface area contributed by atoms with Crippen molar-refractivity contribution in [1.82, 2.24) is 0 Å². The van der Waals surface area contributed by atoms with E-state index in [4.69, 9.17) is 0 Å². The van der Waals surface area contributed by atoms with Crippen LogP contribution in [0.2, 0.25) is 0 Å². The molecule has 0 spiro atoms. The van der Waals surface area contributed by atoms with E-state index in [1.165, 1.54) is 0 Å². The van der Waals surface area contributed by atoms with E-state index in [0.717, 1.165) is 24.2 Å². The lowest BCUT2D eigenvalue weighted by molar-refractivity contribution is 0.174. The number of para-hydroxylation sites is 1. The van der Waals surface area contributed by atoms with Crippen molar-refractivity contribution in [3.8, 4) is 0 Å². The Morgan fingerprint density at radius 2 is 2.13 bits per heavy atom. The number of aliphatic hydroxyl groups excluding tert-OH is 1. The molecule has 0 radical (unpaired) electrons. The molecule has 2 nitrogen and oxygen atoms in total. The van der Waals surface area contributed by atoms with Crippen LogP contribution >= 0.6 is 0 Å². The van der Waals surface area contributed by atoms with Crippen molar-refractivity contribution < 1.29 is 5.11 Å². The molecule has 1 N–H and O–H groups in total. The predicted octanol–water partition coefficient (Wildman–Crippen LogP) is 2.75. The molecule has 0 amide bonds. The Morgan fingerprint density at radius 3 is 2.73 bits per heavy atom. The first kappa shape index (κ1) is 11.8. The lowest BCUT2D eigenvalue weighted by Gasteiger charge is -2.22. The van der Waals surface area contributed by atoms with E-state index in [1.54, 1.807) is 0 Å². The van der Waals surface area contributed by atoms with Gasteiger partial charge in [0.1, 0.15) is 0 Å². The molecule has 1 aromatic carbocycles. The Balaban J connectivity index is 2.99. The number of hydrogen-bond acceptors (Lipinski definition) is 2. The molecule has 0 aliphatic heterocycles. The fraction of sp³-hybridized carbons (Fsp3) is 0.385. The van der Waals surface area contributed by atoms with Crippen LogP contribution < -0.4 is 4.90 Å². The van der Waals surface area contributed by atoms with Gasteiger partial charge in [-0.3, -0.25) is 0 Å². The van der Waals surface area contributed by atoms with Gasteiger partial charge >= 0.3 is 0 Å². The summed E-state index contributed by atoms with van der Waals surface area (Å²) in [6.45, 7) is 6.48. The number of likely N-dealkylation sites (N-methyl/N-ethyl adjacent to an activating group) is 1. The van der Waals surface area contributed by atoms with Gasteiger partial charge in [0.15, 0.2) is 0 Å². The number of aliphatic hydroxyl groups is 1. The molecule has 0 saturated heterocycles. The molecule has 0 aliphatic rings. The number of nitrogens with zero attached hydrogens (tertiary/aromatic N) is 1. The van der Waals surface area contributed by atoms with Crippen LogP contribution in [-0.4, -0.2) is 18.7 Å². The van der Waals surface area contributed by atoms with E-state index in [0.29, 0.717) is 0 Å². The van der Waals surface area contributed by atoms with Crippen molar-refractivity contribution in [2.45, 2.75) is 19.4 Å². The topological polar surface area (TPSA) is 23.5 Å². The summed E-state index contributed by atoms with van der Waals surface area (Å²) in [5, 5.41) is 9.87. The standard InChI is InChI=1S/C13H19NO/c1-4-10-14(3)12-9-7-6-8-11(12)13(15)5-2/h4,6-9,13,15H,1,5,10H2,2-3H3/t13-/m0/s1. The molecule has 0 aliphatic carbocycles. The van der Waals surface area contributed by atoms with E-state index >= 15 is 0 Å². The molecule has 15 heavy (non-hydrogen) atoms. The average Bonchev–Trinajstić information content (AvgIpc) is 2.28. The smallest absolute Gasteiger partial charge is 0.0807 e. The van der Waals surface area contributed by atoms with Gasteiger partial charge in [-0.15, -0.1) is 6.58 Å². The molecule has 2 heteroatoms. The van der Waals surface area contributed by atoms with Gasteiger partial charge in [-0.1, -0.05) is 31.2 Å². The average molecular weight is 205 g/mol. The molecule has 1 atom stereocenters. The predicted molar refractivity (Wildman–Crippen MR) is 65.2 cm³/mol. The van der Waals surface area contributed by atoms with E-state index in [1.807, 2.05) is 44.3 Å². The second kappa shape index (κ2) is 5.56. The Morgan fingerprint density at radius 1 is 1.47 bits per heavy atom. The number of benzene rings is 1. The van der Waals surface area contributed by atoms with Gasteiger partial charge in [-0.25, -0.2) is 0 Å². The van der Waals surface area contributed by atoms with E-state index in [2.05, 4.69) is 11.5 Å². The lowest BCUT2D eigenvalue weighted by Crippen LogP contribution is -2.19. The first-order chi connectivity index (χ1) is 7.20. The number of anilines is 1. The molecule has 0 heterocycles. The van der Waals surface area contributed by atoms with Crippen LogP contribution in [-0.2, 0) is 0 Å². The Hall–Kier alpha value is -1.28. The van der Waals surface area contributed by atoms with Crippen LogP contribution in [0.15, 0.2) is 36.9 Å². The molecule has 0 unspecified atom stereocenters. The zero-order valence-electron chi connectivity index (χ0n) is 9.48. The maximum absolute atomic E-state index is 9.87. The first-order valence-electron chi connectivity index (χ1n) is 5.29. The van der Waals surface area contributed by atoms with E-state index in [9.17, 15) is 5.11 Å². The summed E-state index contributed by atoms with van der Waals surface area (Å²) in [5.41, 5.74) is 2.07. The van der Waals surface area contributed by atoms with E-state index in [-0.39, 0.29) is 6.10 Å². The highest BCUT2D eigenvalue weighted by Crippen LogP contribution is 2.27. The van der Waals surface area contributed by atoms with E-state index < -0.39 is 0 Å². The van der Waals surface area contributed by atoms with Gasteiger partial charge in [0.2, 0.25) is 0 Å². The molecule has 0 saturated carbocycles. The number of hydrogen-bond donors (Lipinski definition) is 1. The fourth-order valence-electron chi connectivity index (χ4n) is 1.63. The summed E-state index contributed by atoms with van der Waals surface area (Å²) in [5.74, 6) is 0. The quantitative estimate of drug-likeness (QED) is 0.747. The highest BCUT2D eigenvalue weighted by Gasteiger charge is 2.11. The van der Waals surface area contributed by atoms with Gasteiger partial charge < -0.3 is 10.0 Å². The summed E-state index contributed by atoms with van der Waals surface area (Å²) in [4.78, 5) is 2.08. The molecular weight excluding hydrogens is 186 g/mol. The van der Waals surface area contributed by atoms with Crippen LogP contribution in [0.5, 0.6) is 0 Å². The van der Waals surface area contributed by atoms with Crippen molar-refractivity contribution in [1.29, 1.82) is 0 Å². The third-order valence-electron chi connectivity index (χ3n) is 2.50. The normalized spacial score (nSPS) is 12.2. The van der Waals surface area contributed by atoms with Crippen LogP contribution in [0.25, 0.3) is 0 Å². The zero-order valence-corrected chi connectivity index (χ0v) is 9.48. The molecule has 0 bridgehead atoms. The van der Waals surface area contributed by atoms with Gasteiger partial charge in [-0.2, -0.15) is 0 Å². The Bertz CT molecular complexity index is 322. The molecule has 0 fully saturated rings. The van der Waals surface area contributed by atoms with Crippen LogP contribution in [0.4, 0.5) is 5.69 Å². The maximum Gasteiger partial charge on any atom is 0.0807 e. The summed E-state index contributed by atoms with van der Waals surface area (Å²) < 4.78 is 0. The van der Waals surface area contributed by atoms with Crippen LogP contribution in [0.1, 0.15) is 25.0 Å². The minimum Gasteiger partial charge on any atom is -0.388 e. The molecule has 82 valence electrons. The van der Waals surface area contributed by atoms with Crippen molar-refractivity contribution >= 4 is 5.69 Å². The highest BCUT2D eigenvalue weighted by atomic mass is 16.3. The minimum absolute atomic E-state index is 0.381. The molecule has 1 aromatic rings. The lowest BCUT2D eigenvalue weighted by atomic mass is 10.0. The SMILES string of the molecule is C=CCN(C)c1ccccc1[C@@H](O)CC. The summed E-state index contributed by atoms with van der Waals surface area (Å²) >= 11 is 0. The third kappa shape index (κ3) is 2.83. The van der Waals surface area contributed by atoms with Crippen molar-refractivity contribution in [2.75, 3.05) is 18.5 Å². The van der Waals surface area contributed by atoms with Crippen LogP contribution in [0.3, 0.4) is 0 Å². The Labute approximate surface area is 91.9 Å². The zero-order chi connectivity index (χ0) is 11.3. The van der Waals surface area contributed by atoms with Crippen molar-refractivity contribution in [3.63, 3.8) is 0 Å². The Kier molecular flexibility index (Phi) is 4.37. The monoisotopic (exact) mass is 205 g/mol. The van der Waals surface area contributed by atoms with Crippen molar-refractivity contribution in [3.05, 3.63) is 42.5 Å². The summed E-state index contributed by atoms with van der Waals surface area (Å²) in [6, 6.07) is 7.95. The summed E-state index contributed by atoms with van der Waals surface area (Å²) in [6.07, 6.45) is 2.21. The van der Waals surface area contributed by atoms with Gasteiger partial charge in [-0.05, 0) is 12.5 Å². The first-order valence-corrected chi connectivity index (χ1v) is 5.29. The largest absolute Gasteiger partial charge is 0.388 e. The van der Waals surface area contributed by atoms with Crippen LogP contribution in [0, 0.1) is 0 Å². The second-order valence-corrected chi connectivity index (χ2v) is 3.65.